The number of benzene rings is 1. The standard InChI is InChI=1S/C14H18FNO2.ClH/c1-2-18-13(17)14(7-9-16-10-8-14)11-3-5-12(15)6-4-11;/h3-6,16H,2,7-10H2,1H3;1H. The molecular formula is C14H19ClFNO2. The second-order valence-corrected chi connectivity index (χ2v) is 4.56. The number of hydrogen-bond acceptors (Lipinski definition) is 3. The normalized spacial score (nSPS) is 17.4. The minimum atomic E-state index is -0.616. The zero-order valence-corrected chi connectivity index (χ0v) is 11.8. The average Bonchev–Trinajstić information content (AvgIpc) is 2.40. The lowest BCUT2D eigenvalue weighted by Gasteiger charge is -2.35. The molecule has 106 valence electrons. The summed E-state index contributed by atoms with van der Waals surface area (Å²) < 4.78 is 18.2. The molecule has 1 aliphatic rings. The van der Waals surface area contributed by atoms with Gasteiger partial charge in [0.1, 0.15) is 5.82 Å². The molecule has 0 aliphatic carbocycles. The molecule has 1 saturated heterocycles. The fourth-order valence-electron chi connectivity index (χ4n) is 2.50. The smallest absolute Gasteiger partial charge is 0.316 e. The zero-order valence-electron chi connectivity index (χ0n) is 10.9. The second-order valence-electron chi connectivity index (χ2n) is 4.56. The van der Waals surface area contributed by atoms with E-state index in [1.54, 1.807) is 19.1 Å². The van der Waals surface area contributed by atoms with Crippen LogP contribution in [0.1, 0.15) is 25.3 Å². The van der Waals surface area contributed by atoms with Gasteiger partial charge in [0.15, 0.2) is 0 Å². The molecule has 0 atom stereocenters. The topological polar surface area (TPSA) is 38.3 Å². The van der Waals surface area contributed by atoms with Crippen LogP contribution in [0.4, 0.5) is 4.39 Å². The molecule has 1 aliphatic heterocycles. The number of halogens is 2. The molecule has 0 saturated carbocycles. The van der Waals surface area contributed by atoms with Crippen molar-refractivity contribution in [2.45, 2.75) is 25.2 Å². The third kappa shape index (κ3) is 3.25. The Morgan fingerprint density at radius 2 is 1.89 bits per heavy atom. The summed E-state index contributed by atoms with van der Waals surface area (Å²) in [6, 6.07) is 6.19. The van der Waals surface area contributed by atoms with Gasteiger partial charge in [-0.1, -0.05) is 12.1 Å². The molecule has 0 amide bonds. The van der Waals surface area contributed by atoms with Crippen molar-refractivity contribution in [1.82, 2.24) is 5.32 Å². The van der Waals surface area contributed by atoms with E-state index >= 15 is 0 Å². The maximum atomic E-state index is 13.0. The maximum absolute atomic E-state index is 13.0. The monoisotopic (exact) mass is 287 g/mol. The molecule has 0 unspecified atom stereocenters. The number of ether oxygens (including phenoxy) is 1. The lowest BCUT2D eigenvalue weighted by molar-refractivity contribution is -0.151. The Hall–Kier alpha value is -1.13. The van der Waals surface area contributed by atoms with Crippen molar-refractivity contribution < 1.29 is 13.9 Å². The van der Waals surface area contributed by atoms with Crippen molar-refractivity contribution in [3.05, 3.63) is 35.6 Å². The van der Waals surface area contributed by atoms with Gasteiger partial charge in [-0.05, 0) is 50.6 Å². The van der Waals surface area contributed by atoms with Crippen LogP contribution >= 0.6 is 12.4 Å². The van der Waals surface area contributed by atoms with Crippen LogP contribution in [0.5, 0.6) is 0 Å². The molecular weight excluding hydrogens is 269 g/mol. The molecule has 1 aromatic carbocycles. The summed E-state index contributed by atoms with van der Waals surface area (Å²) in [6.45, 7) is 3.72. The van der Waals surface area contributed by atoms with Gasteiger partial charge in [0.2, 0.25) is 0 Å². The van der Waals surface area contributed by atoms with Crippen LogP contribution in [0.3, 0.4) is 0 Å². The molecule has 0 aromatic heterocycles. The number of rotatable bonds is 3. The van der Waals surface area contributed by atoms with Crippen molar-refractivity contribution in [3.63, 3.8) is 0 Å². The van der Waals surface area contributed by atoms with Crippen LogP contribution in [0.2, 0.25) is 0 Å². The van der Waals surface area contributed by atoms with Gasteiger partial charge >= 0.3 is 5.97 Å². The number of nitrogens with one attached hydrogen (secondary N) is 1. The summed E-state index contributed by atoms with van der Waals surface area (Å²) in [4.78, 5) is 12.3. The highest BCUT2D eigenvalue weighted by molar-refractivity contribution is 5.85. The van der Waals surface area contributed by atoms with Gasteiger partial charge in [0.25, 0.3) is 0 Å². The van der Waals surface area contributed by atoms with Crippen molar-refractivity contribution in [2.75, 3.05) is 19.7 Å². The van der Waals surface area contributed by atoms with E-state index in [-0.39, 0.29) is 24.2 Å². The summed E-state index contributed by atoms with van der Waals surface area (Å²) >= 11 is 0. The Labute approximate surface area is 118 Å². The lowest BCUT2D eigenvalue weighted by Crippen LogP contribution is -2.46. The summed E-state index contributed by atoms with van der Waals surface area (Å²) in [5.41, 5.74) is 0.235. The van der Waals surface area contributed by atoms with Gasteiger partial charge in [-0.25, -0.2) is 4.39 Å². The van der Waals surface area contributed by atoms with Crippen LogP contribution < -0.4 is 5.32 Å². The SMILES string of the molecule is CCOC(=O)C1(c2ccc(F)cc2)CCNCC1.Cl. The fourth-order valence-corrected chi connectivity index (χ4v) is 2.50. The molecule has 5 heteroatoms. The quantitative estimate of drug-likeness (QED) is 0.868. The first-order valence-corrected chi connectivity index (χ1v) is 6.33. The van der Waals surface area contributed by atoms with E-state index in [1.807, 2.05) is 0 Å². The maximum Gasteiger partial charge on any atom is 0.316 e. The minimum Gasteiger partial charge on any atom is -0.465 e. The molecule has 1 aromatic rings. The molecule has 2 rings (SSSR count). The van der Waals surface area contributed by atoms with E-state index in [4.69, 9.17) is 4.74 Å². The minimum absolute atomic E-state index is 0. The highest BCUT2D eigenvalue weighted by Gasteiger charge is 2.42. The molecule has 1 heterocycles. The van der Waals surface area contributed by atoms with Crippen molar-refractivity contribution >= 4 is 18.4 Å². The number of esters is 1. The highest BCUT2D eigenvalue weighted by Crippen LogP contribution is 2.35. The van der Waals surface area contributed by atoms with Gasteiger partial charge in [0, 0.05) is 0 Å². The third-order valence-corrected chi connectivity index (χ3v) is 3.52. The van der Waals surface area contributed by atoms with E-state index in [2.05, 4.69) is 5.32 Å². The van der Waals surface area contributed by atoms with Crippen LogP contribution in [0.25, 0.3) is 0 Å². The predicted octanol–water partition coefficient (Wildman–Crippen LogP) is 2.43. The molecule has 3 nitrogen and oxygen atoms in total. The van der Waals surface area contributed by atoms with Gasteiger partial charge < -0.3 is 10.1 Å². The van der Waals surface area contributed by atoms with Crippen LogP contribution in [-0.4, -0.2) is 25.7 Å². The summed E-state index contributed by atoms with van der Waals surface area (Å²) in [7, 11) is 0. The van der Waals surface area contributed by atoms with Gasteiger partial charge in [-0.2, -0.15) is 0 Å². The number of piperidine rings is 1. The Morgan fingerprint density at radius 3 is 2.42 bits per heavy atom. The van der Waals surface area contributed by atoms with Gasteiger partial charge in [-0.3, -0.25) is 4.79 Å². The van der Waals surface area contributed by atoms with E-state index in [9.17, 15) is 9.18 Å². The first-order valence-electron chi connectivity index (χ1n) is 6.33. The largest absolute Gasteiger partial charge is 0.465 e. The average molecular weight is 288 g/mol. The summed E-state index contributed by atoms with van der Waals surface area (Å²) in [6.07, 6.45) is 1.38. The molecule has 0 bridgehead atoms. The molecule has 1 fully saturated rings. The molecule has 19 heavy (non-hydrogen) atoms. The number of hydrogen-bond donors (Lipinski definition) is 1. The molecule has 1 N–H and O–H groups in total. The Kier molecular flexibility index (Phi) is 5.76. The van der Waals surface area contributed by atoms with Crippen LogP contribution in [0.15, 0.2) is 24.3 Å². The van der Waals surface area contributed by atoms with Gasteiger partial charge in [0.05, 0.1) is 12.0 Å². The zero-order chi connectivity index (χ0) is 13.0. The van der Waals surface area contributed by atoms with Crippen molar-refractivity contribution in [3.8, 4) is 0 Å². The van der Waals surface area contributed by atoms with Crippen molar-refractivity contribution in [2.24, 2.45) is 0 Å². The first-order chi connectivity index (χ1) is 8.69. The van der Waals surface area contributed by atoms with E-state index in [1.165, 1.54) is 12.1 Å². The van der Waals surface area contributed by atoms with Gasteiger partial charge in [-0.15, -0.1) is 12.4 Å². The summed E-state index contributed by atoms with van der Waals surface area (Å²) in [5.74, 6) is -0.482. The number of carbonyl (C=O) groups excluding carboxylic acids is 1. The third-order valence-electron chi connectivity index (χ3n) is 3.52. The first kappa shape index (κ1) is 15.9. The fraction of sp³-hybridized carbons (Fsp3) is 0.500. The Morgan fingerprint density at radius 1 is 1.32 bits per heavy atom. The number of carbonyl (C=O) groups is 1. The Bertz CT molecular complexity index is 416. The van der Waals surface area contributed by atoms with Crippen molar-refractivity contribution in [1.29, 1.82) is 0 Å². The predicted molar refractivity (Wildman–Crippen MR) is 74.1 cm³/mol. The lowest BCUT2D eigenvalue weighted by atomic mass is 9.73. The van der Waals surface area contributed by atoms with E-state index in [0.717, 1.165) is 18.7 Å². The molecule has 0 radical (unpaired) electrons. The second kappa shape index (κ2) is 6.87. The summed E-state index contributed by atoms with van der Waals surface area (Å²) in [5, 5.41) is 3.24. The highest BCUT2D eigenvalue weighted by atomic mass is 35.5. The van der Waals surface area contributed by atoms with Crippen LogP contribution in [0, 0.1) is 5.82 Å². The van der Waals surface area contributed by atoms with E-state index < -0.39 is 5.41 Å². The molecule has 0 spiro atoms. The van der Waals surface area contributed by atoms with Crippen LogP contribution in [-0.2, 0) is 14.9 Å². The Balaban J connectivity index is 0.00000180. The van der Waals surface area contributed by atoms with E-state index in [0.29, 0.717) is 19.4 Å².